The highest BCUT2D eigenvalue weighted by Gasteiger charge is 2.46. The second-order valence-corrected chi connectivity index (χ2v) is 25.8. The van der Waals surface area contributed by atoms with Crippen molar-refractivity contribution in [2.24, 2.45) is 0 Å². The summed E-state index contributed by atoms with van der Waals surface area (Å²) in [6.07, 6.45) is 2.37. The Morgan fingerprint density at radius 2 is 0.956 bits per heavy atom. The lowest BCUT2D eigenvalue weighted by molar-refractivity contribution is 0.332. The van der Waals surface area contributed by atoms with Crippen LogP contribution in [-0.4, -0.2) is 6.71 Å². The van der Waals surface area contributed by atoms with E-state index < -0.39 is 0 Å². The fourth-order valence-corrected chi connectivity index (χ4v) is 12.4. The van der Waals surface area contributed by atoms with Gasteiger partial charge in [-0.2, -0.15) is 0 Å². The fourth-order valence-electron chi connectivity index (χ4n) is 12.4. The van der Waals surface area contributed by atoms with Crippen LogP contribution < -0.4 is 26.2 Å². The van der Waals surface area contributed by atoms with Crippen LogP contribution in [0.25, 0.3) is 22.3 Å². The van der Waals surface area contributed by atoms with Gasteiger partial charge in [-0.1, -0.05) is 189 Å². The summed E-state index contributed by atoms with van der Waals surface area (Å²) in [6.45, 7) is 35.9. The molecule has 2 aliphatic heterocycles. The molecule has 4 aliphatic rings. The van der Waals surface area contributed by atoms with Crippen LogP contribution in [0, 0.1) is 0 Å². The standard InChI is InChI=1S/C65H71BN2/c1-60(2,3)41-26-32-54-53(35-41)66-52-31-25-42(61(4,5)6)36-55(52)68(45-29-30-49-51(39-45)64(12,13)34-33-63(49,10)11)57-38-43(62(7,8)9)37-56(59(57)66)67(54)44-27-23-40(24-28-44)46-20-18-22-50-58(46)47-19-16-17-21-48(47)65(50,14)15/h16-32,35-39H,33-34H2,1-15H3. The van der Waals surface area contributed by atoms with Crippen LogP contribution in [0.15, 0.2) is 133 Å². The van der Waals surface area contributed by atoms with Crippen molar-refractivity contribution < 1.29 is 0 Å². The fraction of sp³-hybridized carbons (Fsp3) is 0.354. The second kappa shape index (κ2) is 14.6. The first-order valence-electron chi connectivity index (χ1n) is 25.4. The molecule has 0 aromatic heterocycles. The molecule has 0 radical (unpaired) electrons. The van der Waals surface area contributed by atoms with Crippen molar-refractivity contribution in [2.45, 2.75) is 149 Å². The third kappa shape index (κ3) is 6.72. The van der Waals surface area contributed by atoms with E-state index in [1.54, 1.807) is 0 Å². The van der Waals surface area contributed by atoms with E-state index in [1.165, 1.54) is 125 Å². The molecule has 0 saturated heterocycles. The molecule has 0 unspecified atom stereocenters. The maximum atomic E-state index is 2.67. The molecule has 0 fully saturated rings. The van der Waals surface area contributed by atoms with Gasteiger partial charge in [0, 0.05) is 39.5 Å². The number of fused-ring (bicyclic) bond motifs is 8. The van der Waals surface area contributed by atoms with Gasteiger partial charge in [-0.25, -0.2) is 0 Å². The van der Waals surface area contributed by atoms with Crippen molar-refractivity contribution >= 4 is 57.2 Å². The smallest absolute Gasteiger partial charge is 0.252 e. The molecule has 344 valence electrons. The molecule has 7 aromatic rings. The average Bonchev–Trinajstić information content (AvgIpc) is 3.52. The van der Waals surface area contributed by atoms with E-state index in [4.69, 9.17) is 0 Å². The maximum absolute atomic E-state index is 2.67. The number of nitrogens with zero attached hydrogens (tertiary/aromatic N) is 2. The van der Waals surface area contributed by atoms with E-state index in [-0.39, 0.29) is 39.2 Å². The zero-order chi connectivity index (χ0) is 48.2. The molecule has 2 nitrogen and oxygen atoms in total. The molecule has 0 saturated carbocycles. The van der Waals surface area contributed by atoms with Gasteiger partial charge in [0.25, 0.3) is 6.71 Å². The Labute approximate surface area is 408 Å². The number of rotatable bonds is 3. The predicted molar refractivity (Wildman–Crippen MR) is 295 cm³/mol. The minimum Gasteiger partial charge on any atom is -0.311 e. The van der Waals surface area contributed by atoms with Gasteiger partial charge in [-0.05, 0) is 166 Å². The van der Waals surface area contributed by atoms with Crippen LogP contribution in [0.1, 0.15) is 156 Å². The maximum Gasteiger partial charge on any atom is 0.252 e. The van der Waals surface area contributed by atoms with Gasteiger partial charge in [-0.3, -0.25) is 0 Å². The predicted octanol–water partition coefficient (Wildman–Crippen LogP) is 16.0. The van der Waals surface area contributed by atoms with Crippen LogP contribution in [0.3, 0.4) is 0 Å². The van der Waals surface area contributed by atoms with Gasteiger partial charge in [0.05, 0.1) is 0 Å². The molecule has 3 heteroatoms. The molecule has 11 rings (SSSR count). The lowest BCUT2D eigenvalue weighted by atomic mass is 9.33. The van der Waals surface area contributed by atoms with Crippen LogP contribution in [0.2, 0.25) is 0 Å². The zero-order valence-electron chi connectivity index (χ0n) is 43.6. The minimum atomic E-state index is -0.105. The topological polar surface area (TPSA) is 6.48 Å². The van der Waals surface area contributed by atoms with E-state index in [2.05, 4.69) is 247 Å². The molecule has 0 amide bonds. The van der Waals surface area contributed by atoms with Crippen LogP contribution in [0.5, 0.6) is 0 Å². The Hall–Kier alpha value is -5.80. The van der Waals surface area contributed by atoms with Crippen LogP contribution in [0.4, 0.5) is 34.1 Å². The highest BCUT2D eigenvalue weighted by molar-refractivity contribution is 7.00. The first kappa shape index (κ1) is 44.7. The van der Waals surface area contributed by atoms with Crippen molar-refractivity contribution in [3.63, 3.8) is 0 Å². The van der Waals surface area contributed by atoms with E-state index in [9.17, 15) is 0 Å². The minimum absolute atomic E-state index is 0.0203. The summed E-state index contributed by atoms with van der Waals surface area (Å²) in [5, 5.41) is 0. The summed E-state index contributed by atoms with van der Waals surface area (Å²) >= 11 is 0. The summed E-state index contributed by atoms with van der Waals surface area (Å²) in [7, 11) is 0. The van der Waals surface area contributed by atoms with Gasteiger partial charge in [0.2, 0.25) is 0 Å². The average molecular weight is 891 g/mol. The van der Waals surface area contributed by atoms with Crippen LogP contribution in [-0.2, 0) is 32.5 Å². The van der Waals surface area contributed by atoms with Gasteiger partial charge in [0.15, 0.2) is 0 Å². The lowest BCUT2D eigenvalue weighted by Gasteiger charge is -2.46. The van der Waals surface area contributed by atoms with Crippen LogP contribution >= 0.6 is 0 Å². The molecule has 0 spiro atoms. The SMILES string of the molecule is CC(C)(C)c1ccc2c(c1)B1c3ccc(C(C)(C)C)cc3N(c3ccc4c(c3)C(C)(C)CCC4(C)C)c3cc(C(C)(C)C)cc(c31)N2c1ccc(-c2cccc3c2-c2ccccc2C3(C)C)cc1. The van der Waals surface area contributed by atoms with Gasteiger partial charge < -0.3 is 9.80 Å². The molecular formula is C65H71BN2. The Kier molecular flexibility index (Phi) is 9.61. The van der Waals surface area contributed by atoms with E-state index in [0.717, 1.165) is 0 Å². The van der Waals surface area contributed by atoms with Gasteiger partial charge >= 0.3 is 0 Å². The molecule has 0 atom stereocenters. The summed E-state index contributed by atoms with van der Waals surface area (Å²) in [6, 6.07) is 52.9. The van der Waals surface area contributed by atoms with Crippen molar-refractivity contribution in [3.8, 4) is 22.3 Å². The Morgan fingerprint density at radius 3 is 1.62 bits per heavy atom. The number of anilines is 6. The molecule has 2 aliphatic carbocycles. The summed E-state index contributed by atoms with van der Waals surface area (Å²) in [5.41, 5.74) is 26.8. The molecule has 68 heavy (non-hydrogen) atoms. The number of benzene rings is 7. The Bertz CT molecular complexity index is 3210. The largest absolute Gasteiger partial charge is 0.311 e. The third-order valence-electron chi connectivity index (χ3n) is 16.8. The highest BCUT2D eigenvalue weighted by Crippen LogP contribution is 2.54. The van der Waals surface area contributed by atoms with Crippen molar-refractivity contribution in [1.82, 2.24) is 0 Å². The summed E-state index contributed by atoms with van der Waals surface area (Å²) < 4.78 is 0. The normalized spacial score (nSPS) is 17.2. The molecular weight excluding hydrogens is 820 g/mol. The monoisotopic (exact) mass is 891 g/mol. The van der Waals surface area contributed by atoms with E-state index in [0.29, 0.717) is 0 Å². The molecule has 0 bridgehead atoms. The van der Waals surface area contributed by atoms with Crippen molar-refractivity contribution in [2.75, 3.05) is 9.80 Å². The van der Waals surface area contributed by atoms with Gasteiger partial charge in [0.1, 0.15) is 0 Å². The number of hydrogen-bond acceptors (Lipinski definition) is 2. The quantitative estimate of drug-likeness (QED) is 0.163. The molecule has 0 N–H and O–H groups in total. The van der Waals surface area contributed by atoms with E-state index >= 15 is 0 Å². The number of hydrogen-bond donors (Lipinski definition) is 0. The Balaban J connectivity index is 1.18. The van der Waals surface area contributed by atoms with Gasteiger partial charge in [-0.15, -0.1) is 0 Å². The summed E-state index contributed by atoms with van der Waals surface area (Å²) in [4.78, 5) is 5.28. The Morgan fingerprint density at radius 1 is 0.412 bits per heavy atom. The van der Waals surface area contributed by atoms with Crippen molar-refractivity contribution in [3.05, 3.63) is 172 Å². The second-order valence-electron chi connectivity index (χ2n) is 25.8. The molecule has 7 aromatic carbocycles. The first-order valence-corrected chi connectivity index (χ1v) is 25.4. The summed E-state index contributed by atoms with van der Waals surface area (Å²) in [5.74, 6) is 0. The highest BCUT2D eigenvalue weighted by atomic mass is 15.2. The van der Waals surface area contributed by atoms with E-state index in [1.807, 2.05) is 0 Å². The lowest BCUT2D eigenvalue weighted by Crippen LogP contribution is -2.61. The van der Waals surface area contributed by atoms with Crippen molar-refractivity contribution in [1.29, 1.82) is 0 Å². The first-order chi connectivity index (χ1) is 31.9. The molecule has 2 heterocycles. The third-order valence-corrected chi connectivity index (χ3v) is 16.8. The zero-order valence-corrected chi connectivity index (χ0v) is 43.6.